The summed E-state index contributed by atoms with van der Waals surface area (Å²) in [4.78, 5) is 1.22. The predicted octanol–water partition coefficient (Wildman–Crippen LogP) is 5.13. The molecule has 0 spiro atoms. The van der Waals surface area contributed by atoms with Crippen LogP contribution in [0.4, 0.5) is 0 Å². The molecule has 0 amide bonds. The molecule has 0 unspecified atom stereocenters. The Hall–Kier alpha value is -1.51. The normalized spacial score (nSPS) is 10.7. The third-order valence-electron chi connectivity index (χ3n) is 2.65. The van der Waals surface area contributed by atoms with Crippen LogP contribution in [0.2, 0.25) is 5.02 Å². The minimum Gasteiger partial charge on any atom is -0.488 e. The maximum Gasteiger partial charge on any atom is 0.122 e. The molecule has 0 aliphatic rings. The van der Waals surface area contributed by atoms with Gasteiger partial charge in [0.25, 0.3) is 0 Å². The van der Waals surface area contributed by atoms with Gasteiger partial charge < -0.3 is 4.74 Å². The van der Waals surface area contributed by atoms with Crippen molar-refractivity contribution in [3.05, 3.63) is 64.5 Å². The number of benzene rings is 2. The largest absolute Gasteiger partial charge is 0.488 e. The first-order chi connectivity index (χ1) is 8.81. The van der Waals surface area contributed by atoms with E-state index in [1.54, 1.807) is 11.3 Å². The van der Waals surface area contributed by atoms with Crippen LogP contribution in [0, 0.1) is 0 Å². The van der Waals surface area contributed by atoms with Crippen molar-refractivity contribution in [1.82, 2.24) is 0 Å². The van der Waals surface area contributed by atoms with Crippen molar-refractivity contribution in [3.63, 3.8) is 0 Å². The van der Waals surface area contributed by atoms with Gasteiger partial charge in [0, 0.05) is 14.6 Å². The highest BCUT2D eigenvalue weighted by molar-refractivity contribution is 7.19. The fourth-order valence-corrected chi connectivity index (χ4v) is 2.98. The SMILES string of the molecule is Clc1cccc(OCc2cc3ccccc3s2)c1. The van der Waals surface area contributed by atoms with Gasteiger partial charge in [-0.15, -0.1) is 11.3 Å². The van der Waals surface area contributed by atoms with Crippen LogP contribution in [0.3, 0.4) is 0 Å². The van der Waals surface area contributed by atoms with Gasteiger partial charge >= 0.3 is 0 Å². The minimum absolute atomic E-state index is 0.583. The fourth-order valence-electron chi connectivity index (χ4n) is 1.82. The van der Waals surface area contributed by atoms with Crippen LogP contribution >= 0.6 is 22.9 Å². The van der Waals surface area contributed by atoms with Crippen LogP contribution in [0.5, 0.6) is 5.75 Å². The lowest BCUT2D eigenvalue weighted by atomic mass is 10.2. The van der Waals surface area contributed by atoms with Crippen LogP contribution in [0.15, 0.2) is 54.6 Å². The third-order valence-corrected chi connectivity index (χ3v) is 3.98. The smallest absolute Gasteiger partial charge is 0.122 e. The molecule has 0 saturated heterocycles. The zero-order valence-electron chi connectivity index (χ0n) is 9.60. The van der Waals surface area contributed by atoms with Crippen molar-refractivity contribution < 1.29 is 4.74 Å². The first-order valence-corrected chi connectivity index (χ1v) is 6.86. The standard InChI is InChI=1S/C15H11ClOS/c16-12-5-3-6-13(9-12)17-10-14-8-11-4-1-2-7-15(11)18-14/h1-9H,10H2. The summed E-state index contributed by atoms with van der Waals surface area (Å²) in [5.74, 6) is 0.806. The molecule has 90 valence electrons. The number of ether oxygens (including phenoxy) is 1. The highest BCUT2D eigenvalue weighted by atomic mass is 35.5. The monoisotopic (exact) mass is 274 g/mol. The molecular weight excluding hydrogens is 264 g/mol. The van der Waals surface area contributed by atoms with Crippen LogP contribution < -0.4 is 4.74 Å². The molecule has 0 bridgehead atoms. The molecule has 0 saturated carbocycles. The Labute approximate surface area is 115 Å². The molecule has 0 N–H and O–H groups in total. The zero-order chi connectivity index (χ0) is 12.4. The summed E-state index contributed by atoms with van der Waals surface area (Å²) in [6, 6.07) is 18.0. The van der Waals surface area contributed by atoms with Crippen LogP contribution in [0.25, 0.3) is 10.1 Å². The second-order valence-corrected chi connectivity index (χ2v) is 5.60. The molecule has 3 rings (SSSR count). The number of fused-ring (bicyclic) bond motifs is 1. The molecule has 1 aromatic heterocycles. The molecule has 0 aliphatic heterocycles. The molecular formula is C15H11ClOS. The number of hydrogen-bond acceptors (Lipinski definition) is 2. The van der Waals surface area contributed by atoms with Crippen molar-refractivity contribution in [2.45, 2.75) is 6.61 Å². The Morgan fingerprint density at radius 2 is 1.89 bits per heavy atom. The first-order valence-electron chi connectivity index (χ1n) is 5.67. The van der Waals surface area contributed by atoms with Crippen molar-refractivity contribution in [3.8, 4) is 5.75 Å². The fraction of sp³-hybridized carbons (Fsp3) is 0.0667. The highest BCUT2D eigenvalue weighted by Crippen LogP contribution is 2.26. The van der Waals surface area contributed by atoms with Crippen molar-refractivity contribution >= 4 is 33.0 Å². The Bertz CT molecular complexity index is 642. The Morgan fingerprint density at radius 1 is 1.00 bits per heavy atom. The summed E-state index contributed by atoms with van der Waals surface area (Å²) in [6.45, 7) is 0.583. The van der Waals surface area contributed by atoms with Crippen LogP contribution in [-0.4, -0.2) is 0 Å². The van der Waals surface area contributed by atoms with Crippen LogP contribution in [0.1, 0.15) is 4.88 Å². The summed E-state index contributed by atoms with van der Waals surface area (Å²) >= 11 is 7.68. The lowest BCUT2D eigenvalue weighted by molar-refractivity contribution is 0.310. The van der Waals surface area contributed by atoms with E-state index >= 15 is 0 Å². The van der Waals surface area contributed by atoms with Gasteiger partial charge in [-0.05, 0) is 35.7 Å². The van der Waals surface area contributed by atoms with Crippen molar-refractivity contribution in [1.29, 1.82) is 0 Å². The van der Waals surface area contributed by atoms with E-state index in [9.17, 15) is 0 Å². The predicted molar refractivity (Wildman–Crippen MR) is 77.6 cm³/mol. The van der Waals surface area contributed by atoms with Gasteiger partial charge in [-0.25, -0.2) is 0 Å². The number of thiophene rings is 1. The quantitative estimate of drug-likeness (QED) is 0.643. The van der Waals surface area contributed by atoms with Gasteiger partial charge in [-0.1, -0.05) is 35.9 Å². The van der Waals surface area contributed by atoms with E-state index in [-0.39, 0.29) is 0 Å². The van der Waals surface area contributed by atoms with E-state index in [2.05, 4.69) is 30.3 Å². The van der Waals surface area contributed by atoms with Gasteiger partial charge in [-0.2, -0.15) is 0 Å². The maximum absolute atomic E-state index is 5.91. The summed E-state index contributed by atoms with van der Waals surface area (Å²) in [6.07, 6.45) is 0. The molecule has 1 heterocycles. The summed E-state index contributed by atoms with van der Waals surface area (Å²) in [5, 5.41) is 1.97. The number of rotatable bonds is 3. The molecule has 3 heteroatoms. The minimum atomic E-state index is 0.583. The van der Waals surface area contributed by atoms with E-state index in [1.165, 1.54) is 15.0 Å². The van der Waals surface area contributed by atoms with E-state index in [0.29, 0.717) is 11.6 Å². The second-order valence-electron chi connectivity index (χ2n) is 4.00. The van der Waals surface area contributed by atoms with Gasteiger partial charge in [0.15, 0.2) is 0 Å². The lowest BCUT2D eigenvalue weighted by Gasteiger charge is -2.04. The number of halogens is 1. The van der Waals surface area contributed by atoms with E-state index < -0.39 is 0 Å². The summed E-state index contributed by atoms with van der Waals surface area (Å²) in [5.41, 5.74) is 0. The molecule has 3 aromatic rings. The number of hydrogen-bond donors (Lipinski definition) is 0. The molecule has 0 fully saturated rings. The van der Waals surface area contributed by atoms with Gasteiger partial charge in [0.2, 0.25) is 0 Å². The zero-order valence-corrected chi connectivity index (χ0v) is 11.2. The molecule has 2 aromatic carbocycles. The average molecular weight is 275 g/mol. The Kier molecular flexibility index (Phi) is 3.22. The highest BCUT2D eigenvalue weighted by Gasteiger charge is 2.02. The van der Waals surface area contributed by atoms with Gasteiger partial charge in [-0.3, -0.25) is 0 Å². The maximum atomic E-state index is 5.91. The van der Waals surface area contributed by atoms with E-state index in [0.717, 1.165) is 5.75 Å². The van der Waals surface area contributed by atoms with E-state index in [1.807, 2.05) is 24.3 Å². The molecule has 1 nitrogen and oxygen atoms in total. The molecule has 0 atom stereocenters. The topological polar surface area (TPSA) is 9.23 Å². The lowest BCUT2D eigenvalue weighted by Crippen LogP contribution is -1.92. The molecule has 0 radical (unpaired) electrons. The summed E-state index contributed by atoms with van der Waals surface area (Å²) in [7, 11) is 0. The van der Waals surface area contributed by atoms with Crippen molar-refractivity contribution in [2.75, 3.05) is 0 Å². The van der Waals surface area contributed by atoms with Crippen molar-refractivity contribution in [2.24, 2.45) is 0 Å². The van der Waals surface area contributed by atoms with E-state index in [4.69, 9.17) is 16.3 Å². The average Bonchev–Trinajstić information content (AvgIpc) is 2.79. The Morgan fingerprint density at radius 3 is 2.72 bits per heavy atom. The first kappa shape index (κ1) is 11.6. The molecule has 18 heavy (non-hydrogen) atoms. The molecule has 0 aliphatic carbocycles. The van der Waals surface area contributed by atoms with Crippen LogP contribution in [-0.2, 0) is 6.61 Å². The van der Waals surface area contributed by atoms with Gasteiger partial charge in [0.05, 0.1) is 0 Å². The summed E-state index contributed by atoms with van der Waals surface area (Å²) < 4.78 is 7.02. The Balaban J connectivity index is 1.76. The van der Waals surface area contributed by atoms with Gasteiger partial charge in [0.1, 0.15) is 12.4 Å². The second kappa shape index (κ2) is 5.01. The third kappa shape index (κ3) is 2.50.